The van der Waals surface area contributed by atoms with Crippen LogP contribution in [0.1, 0.15) is 38.3 Å². The van der Waals surface area contributed by atoms with Crippen LogP contribution in [0.2, 0.25) is 0 Å². The Bertz CT molecular complexity index is 472. The molecule has 2 atom stereocenters. The van der Waals surface area contributed by atoms with Gasteiger partial charge in [-0.25, -0.2) is 0 Å². The number of carbonyl (C=O) groups is 1. The fourth-order valence-corrected chi connectivity index (χ4v) is 2.62. The van der Waals surface area contributed by atoms with Crippen molar-refractivity contribution in [2.24, 2.45) is 0 Å². The van der Waals surface area contributed by atoms with Gasteiger partial charge >= 0.3 is 0 Å². The normalized spacial score (nSPS) is 18.9. The molecule has 4 heteroatoms. The smallest absolute Gasteiger partial charge is 0.246 e. The van der Waals surface area contributed by atoms with E-state index in [2.05, 4.69) is 48.6 Å². The van der Waals surface area contributed by atoms with E-state index in [9.17, 15) is 4.79 Å². The Morgan fingerprint density at radius 3 is 2.84 bits per heavy atom. The van der Waals surface area contributed by atoms with Gasteiger partial charge in [-0.15, -0.1) is 0 Å². The quantitative estimate of drug-likeness (QED) is 0.856. The SMILES string of the molecule is CCCC(C)N(C)c1ccc2c(c1)NC(=O)C2NC. The second kappa shape index (κ2) is 5.61. The average Bonchev–Trinajstić information content (AvgIpc) is 2.72. The van der Waals surface area contributed by atoms with Gasteiger partial charge in [0.2, 0.25) is 5.91 Å². The lowest BCUT2D eigenvalue weighted by atomic mass is 10.1. The Hall–Kier alpha value is -1.55. The maximum Gasteiger partial charge on any atom is 0.246 e. The van der Waals surface area contributed by atoms with Gasteiger partial charge in [-0.3, -0.25) is 4.79 Å². The summed E-state index contributed by atoms with van der Waals surface area (Å²) in [4.78, 5) is 14.1. The summed E-state index contributed by atoms with van der Waals surface area (Å²) < 4.78 is 0. The number of hydrogen-bond acceptors (Lipinski definition) is 3. The minimum absolute atomic E-state index is 0.0268. The molecule has 0 saturated heterocycles. The van der Waals surface area contributed by atoms with Crippen LogP contribution >= 0.6 is 0 Å². The molecule has 1 heterocycles. The standard InChI is InChI=1S/C15H23N3O/c1-5-6-10(2)18(4)11-7-8-12-13(9-11)17-15(19)14(12)16-3/h7-10,14,16H,5-6H2,1-4H3,(H,17,19). The van der Waals surface area contributed by atoms with Crippen LogP contribution in [0, 0.1) is 0 Å². The lowest BCUT2D eigenvalue weighted by Crippen LogP contribution is -2.28. The monoisotopic (exact) mass is 261 g/mol. The number of nitrogens with zero attached hydrogens (tertiary/aromatic N) is 1. The molecule has 1 aliphatic rings. The van der Waals surface area contributed by atoms with Crippen LogP contribution in [0.25, 0.3) is 0 Å². The predicted octanol–water partition coefficient (Wildman–Crippen LogP) is 2.52. The molecule has 2 rings (SSSR count). The van der Waals surface area contributed by atoms with E-state index in [1.807, 2.05) is 13.1 Å². The van der Waals surface area contributed by atoms with E-state index in [0.29, 0.717) is 6.04 Å². The fraction of sp³-hybridized carbons (Fsp3) is 0.533. The van der Waals surface area contributed by atoms with Gasteiger partial charge in [0.05, 0.1) is 0 Å². The van der Waals surface area contributed by atoms with E-state index in [1.54, 1.807) is 0 Å². The van der Waals surface area contributed by atoms with Crippen LogP contribution in [0.4, 0.5) is 11.4 Å². The average molecular weight is 261 g/mol. The molecular weight excluding hydrogens is 238 g/mol. The van der Waals surface area contributed by atoms with Crippen molar-refractivity contribution in [3.8, 4) is 0 Å². The number of likely N-dealkylation sites (N-methyl/N-ethyl adjacent to an activating group) is 1. The first-order chi connectivity index (χ1) is 9.08. The van der Waals surface area contributed by atoms with E-state index in [0.717, 1.165) is 16.9 Å². The summed E-state index contributed by atoms with van der Waals surface area (Å²) in [7, 11) is 3.91. The van der Waals surface area contributed by atoms with Gasteiger partial charge in [0.1, 0.15) is 6.04 Å². The third-order valence-electron chi connectivity index (χ3n) is 3.93. The van der Waals surface area contributed by atoms with Crippen LogP contribution in [-0.2, 0) is 4.79 Å². The first kappa shape index (κ1) is 13.9. The Labute approximate surface area is 115 Å². The molecule has 0 bridgehead atoms. The number of hydrogen-bond donors (Lipinski definition) is 2. The van der Waals surface area contributed by atoms with Crippen molar-refractivity contribution >= 4 is 17.3 Å². The zero-order valence-corrected chi connectivity index (χ0v) is 12.2. The zero-order chi connectivity index (χ0) is 14.0. The molecule has 0 radical (unpaired) electrons. The predicted molar refractivity (Wildman–Crippen MR) is 79.6 cm³/mol. The number of nitrogens with one attached hydrogen (secondary N) is 2. The summed E-state index contributed by atoms with van der Waals surface area (Å²) in [6, 6.07) is 6.48. The first-order valence-electron chi connectivity index (χ1n) is 6.93. The molecule has 2 unspecified atom stereocenters. The van der Waals surface area contributed by atoms with Gasteiger partial charge in [0, 0.05) is 30.0 Å². The molecule has 19 heavy (non-hydrogen) atoms. The van der Waals surface area contributed by atoms with Crippen molar-refractivity contribution in [3.63, 3.8) is 0 Å². The van der Waals surface area contributed by atoms with Gasteiger partial charge in [0.15, 0.2) is 0 Å². The Balaban J connectivity index is 2.23. The highest BCUT2D eigenvalue weighted by molar-refractivity contribution is 6.03. The number of amides is 1. The van der Waals surface area contributed by atoms with E-state index in [4.69, 9.17) is 0 Å². The lowest BCUT2D eigenvalue weighted by Gasteiger charge is -2.27. The number of rotatable bonds is 5. The maximum atomic E-state index is 11.8. The molecule has 1 aromatic rings. The van der Waals surface area contributed by atoms with Crippen molar-refractivity contribution in [3.05, 3.63) is 23.8 Å². The van der Waals surface area contributed by atoms with Crippen LogP contribution in [0.3, 0.4) is 0 Å². The largest absolute Gasteiger partial charge is 0.372 e. The third kappa shape index (κ3) is 2.59. The molecule has 104 valence electrons. The molecule has 1 amide bonds. The second-order valence-corrected chi connectivity index (χ2v) is 5.23. The molecular formula is C15H23N3O. The van der Waals surface area contributed by atoms with Gasteiger partial charge in [-0.1, -0.05) is 19.4 Å². The van der Waals surface area contributed by atoms with E-state index < -0.39 is 0 Å². The van der Waals surface area contributed by atoms with Gasteiger partial charge in [-0.2, -0.15) is 0 Å². The van der Waals surface area contributed by atoms with Crippen LogP contribution < -0.4 is 15.5 Å². The summed E-state index contributed by atoms with van der Waals surface area (Å²) in [5.74, 6) is 0.0268. The third-order valence-corrected chi connectivity index (χ3v) is 3.93. The topological polar surface area (TPSA) is 44.4 Å². The Morgan fingerprint density at radius 2 is 2.21 bits per heavy atom. The fourth-order valence-electron chi connectivity index (χ4n) is 2.62. The Kier molecular flexibility index (Phi) is 4.10. The van der Waals surface area contributed by atoms with Crippen LogP contribution in [0.15, 0.2) is 18.2 Å². The highest BCUT2D eigenvalue weighted by atomic mass is 16.2. The van der Waals surface area contributed by atoms with Crippen molar-refractivity contribution in [2.75, 3.05) is 24.3 Å². The van der Waals surface area contributed by atoms with E-state index in [1.165, 1.54) is 12.8 Å². The number of carbonyl (C=O) groups excluding carboxylic acids is 1. The highest BCUT2D eigenvalue weighted by Crippen LogP contribution is 2.34. The van der Waals surface area contributed by atoms with Crippen molar-refractivity contribution in [2.45, 2.75) is 38.8 Å². The van der Waals surface area contributed by atoms with Crippen molar-refractivity contribution in [1.29, 1.82) is 0 Å². The van der Waals surface area contributed by atoms with E-state index >= 15 is 0 Å². The summed E-state index contributed by atoms with van der Waals surface area (Å²) in [5, 5.41) is 5.97. The van der Waals surface area contributed by atoms with Crippen LogP contribution in [0.5, 0.6) is 0 Å². The summed E-state index contributed by atoms with van der Waals surface area (Å²) in [6.07, 6.45) is 2.34. The van der Waals surface area contributed by atoms with E-state index in [-0.39, 0.29) is 11.9 Å². The molecule has 1 aromatic carbocycles. The van der Waals surface area contributed by atoms with Gasteiger partial charge in [0.25, 0.3) is 0 Å². The van der Waals surface area contributed by atoms with Crippen molar-refractivity contribution in [1.82, 2.24) is 5.32 Å². The number of fused-ring (bicyclic) bond motifs is 1. The molecule has 0 fully saturated rings. The van der Waals surface area contributed by atoms with Gasteiger partial charge < -0.3 is 15.5 Å². The molecule has 0 aromatic heterocycles. The molecule has 0 spiro atoms. The molecule has 4 nitrogen and oxygen atoms in total. The maximum absolute atomic E-state index is 11.8. The molecule has 0 aliphatic carbocycles. The highest BCUT2D eigenvalue weighted by Gasteiger charge is 2.29. The minimum Gasteiger partial charge on any atom is -0.372 e. The zero-order valence-electron chi connectivity index (χ0n) is 12.2. The lowest BCUT2D eigenvalue weighted by molar-refractivity contribution is -0.117. The van der Waals surface area contributed by atoms with Gasteiger partial charge in [-0.05, 0) is 32.5 Å². The van der Waals surface area contributed by atoms with Crippen molar-refractivity contribution < 1.29 is 4.79 Å². The summed E-state index contributed by atoms with van der Waals surface area (Å²) in [5.41, 5.74) is 3.11. The Morgan fingerprint density at radius 1 is 1.47 bits per heavy atom. The molecule has 1 aliphatic heterocycles. The number of benzene rings is 1. The molecule has 0 saturated carbocycles. The minimum atomic E-state index is -0.220. The molecule has 2 N–H and O–H groups in total. The second-order valence-electron chi connectivity index (χ2n) is 5.23. The number of anilines is 2. The first-order valence-corrected chi connectivity index (χ1v) is 6.93. The summed E-state index contributed by atoms with van der Waals surface area (Å²) in [6.45, 7) is 4.43. The summed E-state index contributed by atoms with van der Waals surface area (Å²) >= 11 is 0. The van der Waals surface area contributed by atoms with Crippen LogP contribution in [-0.4, -0.2) is 26.0 Å².